The van der Waals surface area contributed by atoms with E-state index in [0.717, 1.165) is 11.1 Å². The fourth-order valence-corrected chi connectivity index (χ4v) is 1.87. The summed E-state index contributed by atoms with van der Waals surface area (Å²) in [6, 6.07) is 12.6. The monoisotopic (exact) mass is 313 g/mol. The van der Waals surface area contributed by atoms with Crippen molar-refractivity contribution in [2.45, 2.75) is 6.54 Å². The summed E-state index contributed by atoms with van der Waals surface area (Å²) in [5.41, 5.74) is 2.05. The second kappa shape index (κ2) is 7.89. The maximum absolute atomic E-state index is 12.8. The molecule has 2 rings (SSSR count). The molecule has 0 unspecified atom stereocenters. The highest BCUT2D eigenvalue weighted by Gasteiger charge is 2.03. The summed E-state index contributed by atoms with van der Waals surface area (Å²) < 4.78 is 17.4. The van der Waals surface area contributed by atoms with E-state index in [1.807, 2.05) is 0 Å². The quantitative estimate of drug-likeness (QED) is 0.682. The summed E-state index contributed by atoms with van der Waals surface area (Å²) in [7, 11) is 1.32. The minimum atomic E-state index is -0.405. The number of carbonyl (C=O) groups is 2. The number of benzene rings is 2. The van der Waals surface area contributed by atoms with Crippen LogP contribution in [0.25, 0.3) is 6.08 Å². The summed E-state index contributed by atoms with van der Waals surface area (Å²) in [5.74, 6) is -0.973. The molecule has 23 heavy (non-hydrogen) atoms. The topological polar surface area (TPSA) is 55.4 Å². The predicted octanol–water partition coefficient (Wildman–Crippen LogP) is 2.94. The zero-order valence-corrected chi connectivity index (χ0v) is 12.6. The molecule has 0 aliphatic rings. The lowest BCUT2D eigenvalue weighted by Gasteiger charge is -2.02. The average Bonchev–Trinajstić information content (AvgIpc) is 2.59. The number of amides is 1. The Kier molecular flexibility index (Phi) is 5.63. The Morgan fingerprint density at radius 3 is 2.35 bits per heavy atom. The lowest BCUT2D eigenvalue weighted by atomic mass is 10.1. The van der Waals surface area contributed by atoms with Crippen LogP contribution in [0.2, 0.25) is 0 Å². The van der Waals surface area contributed by atoms with Crippen LogP contribution in [0.4, 0.5) is 4.39 Å². The SMILES string of the molecule is COC(=O)c1ccc(/C=C/C(=O)NCc2ccc(F)cc2)cc1. The van der Waals surface area contributed by atoms with Gasteiger partial charge < -0.3 is 10.1 Å². The van der Waals surface area contributed by atoms with Gasteiger partial charge in [0.2, 0.25) is 5.91 Å². The third-order valence-electron chi connectivity index (χ3n) is 3.14. The van der Waals surface area contributed by atoms with Gasteiger partial charge in [-0.25, -0.2) is 9.18 Å². The summed E-state index contributed by atoms with van der Waals surface area (Å²) in [4.78, 5) is 23.0. The number of hydrogen-bond donors (Lipinski definition) is 1. The maximum Gasteiger partial charge on any atom is 0.337 e. The van der Waals surface area contributed by atoms with E-state index in [2.05, 4.69) is 10.1 Å². The van der Waals surface area contributed by atoms with E-state index < -0.39 is 5.97 Å². The third-order valence-corrected chi connectivity index (χ3v) is 3.14. The lowest BCUT2D eigenvalue weighted by Crippen LogP contribution is -2.20. The molecule has 118 valence electrons. The van der Waals surface area contributed by atoms with Crippen molar-refractivity contribution in [3.8, 4) is 0 Å². The van der Waals surface area contributed by atoms with Crippen molar-refractivity contribution in [3.05, 3.63) is 77.1 Å². The van der Waals surface area contributed by atoms with E-state index in [4.69, 9.17) is 0 Å². The van der Waals surface area contributed by atoms with Gasteiger partial charge >= 0.3 is 5.97 Å². The summed E-state index contributed by atoms with van der Waals surface area (Å²) in [5, 5.41) is 2.71. The van der Waals surface area contributed by atoms with Gasteiger partial charge in [-0.2, -0.15) is 0 Å². The van der Waals surface area contributed by atoms with Crippen LogP contribution in [0.3, 0.4) is 0 Å². The number of rotatable bonds is 5. The molecule has 0 saturated carbocycles. The van der Waals surface area contributed by atoms with Crippen molar-refractivity contribution >= 4 is 18.0 Å². The van der Waals surface area contributed by atoms with Crippen LogP contribution >= 0.6 is 0 Å². The fourth-order valence-electron chi connectivity index (χ4n) is 1.87. The molecule has 1 amide bonds. The smallest absolute Gasteiger partial charge is 0.337 e. The standard InChI is InChI=1S/C18H16FNO3/c1-23-18(22)15-7-2-13(3-8-15)6-11-17(21)20-12-14-4-9-16(19)10-5-14/h2-11H,12H2,1H3,(H,20,21)/b11-6+. The van der Waals surface area contributed by atoms with Crippen molar-refractivity contribution in [3.63, 3.8) is 0 Å². The van der Waals surface area contributed by atoms with Crippen LogP contribution in [-0.4, -0.2) is 19.0 Å². The van der Waals surface area contributed by atoms with Gasteiger partial charge in [0.1, 0.15) is 5.82 Å². The van der Waals surface area contributed by atoms with Crippen LogP contribution < -0.4 is 5.32 Å². The number of nitrogens with one attached hydrogen (secondary N) is 1. The number of hydrogen-bond acceptors (Lipinski definition) is 3. The molecule has 0 atom stereocenters. The number of ether oxygens (including phenoxy) is 1. The third kappa shape index (κ3) is 5.07. The largest absolute Gasteiger partial charge is 0.465 e. The molecule has 0 heterocycles. The molecule has 0 radical (unpaired) electrons. The lowest BCUT2D eigenvalue weighted by molar-refractivity contribution is -0.116. The van der Waals surface area contributed by atoms with E-state index in [0.29, 0.717) is 12.1 Å². The highest BCUT2D eigenvalue weighted by molar-refractivity contribution is 5.92. The molecule has 2 aromatic rings. The molecule has 5 heteroatoms. The van der Waals surface area contributed by atoms with Crippen LogP contribution in [0.15, 0.2) is 54.6 Å². The molecule has 0 aliphatic carbocycles. The van der Waals surface area contributed by atoms with Gasteiger partial charge in [0.15, 0.2) is 0 Å². The zero-order valence-electron chi connectivity index (χ0n) is 12.6. The highest BCUT2D eigenvalue weighted by atomic mass is 19.1. The van der Waals surface area contributed by atoms with Crippen molar-refractivity contribution in [1.29, 1.82) is 0 Å². The zero-order chi connectivity index (χ0) is 16.7. The molecule has 0 aliphatic heterocycles. The summed E-state index contributed by atoms with van der Waals surface area (Å²) >= 11 is 0. The molecule has 2 aromatic carbocycles. The second-order valence-electron chi connectivity index (χ2n) is 4.79. The Morgan fingerprint density at radius 1 is 1.09 bits per heavy atom. The Morgan fingerprint density at radius 2 is 1.74 bits per heavy atom. The van der Waals surface area contributed by atoms with E-state index in [-0.39, 0.29) is 11.7 Å². The molecule has 4 nitrogen and oxygen atoms in total. The number of methoxy groups -OCH3 is 1. The normalized spacial score (nSPS) is 10.5. The molecule has 0 saturated heterocycles. The van der Waals surface area contributed by atoms with Gasteiger partial charge in [0, 0.05) is 12.6 Å². The minimum absolute atomic E-state index is 0.258. The number of halogens is 1. The maximum atomic E-state index is 12.8. The molecule has 0 aromatic heterocycles. The van der Waals surface area contributed by atoms with Crippen molar-refractivity contribution in [2.24, 2.45) is 0 Å². The van der Waals surface area contributed by atoms with Crippen LogP contribution in [0, 0.1) is 5.82 Å². The van der Waals surface area contributed by atoms with Crippen molar-refractivity contribution < 1.29 is 18.7 Å². The first-order valence-electron chi connectivity index (χ1n) is 6.97. The minimum Gasteiger partial charge on any atom is -0.465 e. The van der Waals surface area contributed by atoms with E-state index in [9.17, 15) is 14.0 Å². The Bertz CT molecular complexity index is 706. The Hall–Kier alpha value is -2.95. The molecule has 1 N–H and O–H groups in total. The van der Waals surface area contributed by atoms with Gasteiger partial charge in [0.05, 0.1) is 12.7 Å². The average molecular weight is 313 g/mol. The van der Waals surface area contributed by atoms with Gasteiger partial charge in [-0.15, -0.1) is 0 Å². The molecular weight excluding hydrogens is 297 g/mol. The molecular formula is C18H16FNO3. The second-order valence-corrected chi connectivity index (χ2v) is 4.79. The number of esters is 1. The van der Waals surface area contributed by atoms with Crippen LogP contribution in [0.5, 0.6) is 0 Å². The Labute approximate surface area is 133 Å². The molecule has 0 spiro atoms. The first-order chi connectivity index (χ1) is 11.1. The first-order valence-corrected chi connectivity index (χ1v) is 6.97. The van der Waals surface area contributed by atoms with Gasteiger partial charge in [-0.1, -0.05) is 24.3 Å². The fraction of sp³-hybridized carbons (Fsp3) is 0.111. The van der Waals surface area contributed by atoms with Gasteiger partial charge in [0.25, 0.3) is 0 Å². The Balaban J connectivity index is 1.88. The van der Waals surface area contributed by atoms with Crippen molar-refractivity contribution in [2.75, 3.05) is 7.11 Å². The van der Waals surface area contributed by atoms with E-state index >= 15 is 0 Å². The van der Waals surface area contributed by atoms with Crippen LogP contribution in [-0.2, 0) is 16.1 Å². The van der Waals surface area contributed by atoms with Crippen LogP contribution in [0.1, 0.15) is 21.5 Å². The summed E-state index contributed by atoms with van der Waals surface area (Å²) in [6.45, 7) is 0.324. The molecule has 0 bridgehead atoms. The van der Waals surface area contributed by atoms with Gasteiger partial charge in [-0.05, 0) is 41.5 Å². The molecule has 0 fully saturated rings. The first kappa shape index (κ1) is 16.4. The predicted molar refractivity (Wildman–Crippen MR) is 85.1 cm³/mol. The van der Waals surface area contributed by atoms with Crippen molar-refractivity contribution in [1.82, 2.24) is 5.32 Å². The number of carbonyl (C=O) groups excluding carboxylic acids is 2. The highest BCUT2D eigenvalue weighted by Crippen LogP contribution is 2.07. The summed E-state index contributed by atoms with van der Waals surface area (Å²) in [6.07, 6.45) is 3.04. The van der Waals surface area contributed by atoms with E-state index in [1.54, 1.807) is 42.5 Å². The van der Waals surface area contributed by atoms with E-state index in [1.165, 1.54) is 25.3 Å². The van der Waals surface area contributed by atoms with Gasteiger partial charge in [-0.3, -0.25) is 4.79 Å².